The fourth-order valence-corrected chi connectivity index (χ4v) is 1.91. The Kier molecular flexibility index (Phi) is 5.55. The summed E-state index contributed by atoms with van der Waals surface area (Å²) in [5, 5.41) is 11.6. The lowest BCUT2D eigenvalue weighted by molar-refractivity contribution is -0.147. The van der Waals surface area contributed by atoms with Crippen molar-refractivity contribution in [2.24, 2.45) is 5.92 Å². The van der Waals surface area contributed by atoms with Crippen molar-refractivity contribution in [1.82, 2.24) is 10.2 Å². The number of aliphatic carboxylic acids is 1. The molecule has 1 saturated heterocycles. The zero-order valence-corrected chi connectivity index (χ0v) is 11.2. The van der Waals surface area contributed by atoms with E-state index in [1.807, 2.05) is 6.92 Å². The first-order valence-corrected chi connectivity index (χ1v) is 6.32. The number of rotatable bonds is 5. The van der Waals surface area contributed by atoms with Gasteiger partial charge in [-0.1, -0.05) is 20.8 Å². The van der Waals surface area contributed by atoms with Gasteiger partial charge in [-0.05, 0) is 12.5 Å². The molecule has 0 aliphatic carbocycles. The Morgan fingerprint density at radius 1 is 1.50 bits per heavy atom. The molecule has 1 aliphatic rings. The highest BCUT2D eigenvalue weighted by molar-refractivity contribution is 5.86. The van der Waals surface area contributed by atoms with Crippen LogP contribution in [0, 0.1) is 5.92 Å². The standard InChI is InChI=1S/C12H22N2O4/c1-4-14-5-6-18-9(7-14)11(15)13-10(8(2)3)12(16)17/h8-10H,4-7H2,1-3H3,(H,13,15)(H,16,17)/t9?,10-/m1/s1. The summed E-state index contributed by atoms with van der Waals surface area (Å²) < 4.78 is 5.39. The molecule has 2 atom stereocenters. The second-order valence-corrected chi connectivity index (χ2v) is 4.82. The Morgan fingerprint density at radius 3 is 2.67 bits per heavy atom. The van der Waals surface area contributed by atoms with Crippen LogP contribution in [-0.4, -0.2) is 60.3 Å². The van der Waals surface area contributed by atoms with Crippen LogP contribution in [0.2, 0.25) is 0 Å². The highest BCUT2D eigenvalue weighted by Gasteiger charge is 2.30. The van der Waals surface area contributed by atoms with Crippen LogP contribution in [0.4, 0.5) is 0 Å². The maximum Gasteiger partial charge on any atom is 0.326 e. The molecule has 104 valence electrons. The van der Waals surface area contributed by atoms with Crippen LogP contribution in [-0.2, 0) is 14.3 Å². The first kappa shape index (κ1) is 14.9. The largest absolute Gasteiger partial charge is 0.480 e. The second-order valence-electron chi connectivity index (χ2n) is 4.82. The number of carbonyl (C=O) groups is 2. The van der Waals surface area contributed by atoms with E-state index in [0.717, 1.165) is 13.1 Å². The fourth-order valence-electron chi connectivity index (χ4n) is 1.91. The van der Waals surface area contributed by atoms with E-state index >= 15 is 0 Å². The van der Waals surface area contributed by atoms with Gasteiger partial charge in [-0.25, -0.2) is 4.79 Å². The van der Waals surface area contributed by atoms with E-state index in [2.05, 4.69) is 10.2 Å². The highest BCUT2D eigenvalue weighted by atomic mass is 16.5. The lowest BCUT2D eigenvalue weighted by Crippen LogP contribution is -2.54. The minimum Gasteiger partial charge on any atom is -0.480 e. The minimum absolute atomic E-state index is 0.155. The number of hydrogen-bond donors (Lipinski definition) is 2. The number of amides is 1. The molecule has 1 unspecified atom stereocenters. The SMILES string of the molecule is CCN1CCOC(C(=O)N[C@@H](C(=O)O)C(C)C)C1. The summed E-state index contributed by atoms with van der Waals surface area (Å²) in [5.74, 6) is -1.51. The number of morpholine rings is 1. The molecule has 1 aliphatic heterocycles. The van der Waals surface area contributed by atoms with Gasteiger partial charge in [0.1, 0.15) is 12.1 Å². The summed E-state index contributed by atoms with van der Waals surface area (Å²) >= 11 is 0. The Bertz CT molecular complexity index is 306. The van der Waals surface area contributed by atoms with Crippen LogP contribution in [0.1, 0.15) is 20.8 Å². The van der Waals surface area contributed by atoms with Gasteiger partial charge in [0, 0.05) is 13.1 Å². The number of carboxylic acids is 1. The molecule has 0 radical (unpaired) electrons. The molecule has 1 amide bonds. The van der Waals surface area contributed by atoms with E-state index in [0.29, 0.717) is 13.2 Å². The number of likely N-dealkylation sites (N-methyl/N-ethyl adjacent to an activating group) is 1. The van der Waals surface area contributed by atoms with Crippen LogP contribution < -0.4 is 5.32 Å². The molecule has 2 N–H and O–H groups in total. The van der Waals surface area contributed by atoms with Gasteiger partial charge < -0.3 is 15.2 Å². The maximum atomic E-state index is 12.0. The molecule has 0 bridgehead atoms. The number of ether oxygens (including phenoxy) is 1. The summed E-state index contributed by atoms with van der Waals surface area (Å²) in [4.78, 5) is 25.1. The molecule has 0 aromatic heterocycles. The first-order valence-electron chi connectivity index (χ1n) is 6.32. The van der Waals surface area contributed by atoms with Crippen molar-refractivity contribution in [2.45, 2.75) is 32.9 Å². The topological polar surface area (TPSA) is 78.9 Å². The number of hydrogen-bond acceptors (Lipinski definition) is 4. The van der Waals surface area contributed by atoms with Gasteiger partial charge in [0.05, 0.1) is 6.61 Å². The van der Waals surface area contributed by atoms with E-state index in [4.69, 9.17) is 9.84 Å². The van der Waals surface area contributed by atoms with Crippen LogP contribution >= 0.6 is 0 Å². The van der Waals surface area contributed by atoms with Gasteiger partial charge in [-0.3, -0.25) is 9.69 Å². The third-order valence-corrected chi connectivity index (χ3v) is 3.12. The van der Waals surface area contributed by atoms with E-state index in [1.165, 1.54) is 0 Å². The lowest BCUT2D eigenvalue weighted by Gasteiger charge is -2.32. The van der Waals surface area contributed by atoms with Crippen LogP contribution in [0.25, 0.3) is 0 Å². The van der Waals surface area contributed by atoms with Crippen molar-refractivity contribution in [3.8, 4) is 0 Å². The molecule has 0 aromatic carbocycles. The number of nitrogens with one attached hydrogen (secondary N) is 1. The second kappa shape index (κ2) is 6.70. The molecule has 1 heterocycles. The number of carbonyl (C=O) groups excluding carboxylic acids is 1. The fraction of sp³-hybridized carbons (Fsp3) is 0.833. The van der Waals surface area contributed by atoms with Crippen molar-refractivity contribution in [1.29, 1.82) is 0 Å². The van der Waals surface area contributed by atoms with Gasteiger partial charge >= 0.3 is 5.97 Å². The zero-order chi connectivity index (χ0) is 13.7. The van der Waals surface area contributed by atoms with Gasteiger partial charge in [0.15, 0.2) is 0 Å². The third-order valence-electron chi connectivity index (χ3n) is 3.12. The predicted molar refractivity (Wildman–Crippen MR) is 66.3 cm³/mol. The van der Waals surface area contributed by atoms with Crippen molar-refractivity contribution in [3.63, 3.8) is 0 Å². The van der Waals surface area contributed by atoms with Gasteiger partial charge in [0.25, 0.3) is 5.91 Å². The molecular formula is C12H22N2O4. The predicted octanol–water partition coefficient (Wildman–Crippen LogP) is -0.0675. The third kappa shape index (κ3) is 3.96. The Hall–Kier alpha value is -1.14. The van der Waals surface area contributed by atoms with E-state index in [9.17, 15) is 9.59 Å². The Balaban J connectivity index is 2.55. The Labute approximate surface area is 107 Å². The molecule has 18 heavy (non-hydrogen) atoms. The molecule has 6 heteroatoms. The number of carboxylic acid groups (broad SMARTS) is 1. The quantitative estimate of drug-likeness (QED) is 0.722. The molecular weight excluding hydrogens is 236 g/mol. The van der Waals surface area contributed by atoms with Crippen LogP contribution in [0.5, 0.6) is 0 Å². The zero-order valence-electron chi connectivity index (χ0n) is 11.2. The van der Waals surface area contributed by atoms with Crippen LogP contribution in [0.3, 0.4) is 0 Å². The highest BCUT2D eigenvalue weighted by Crippen LogP contribution is 2.07. The smallest absolute Gasteiger partial charge is 0.326 e. The summed E-state index contributed by atoms with van der Waals surface area (Å²) in [6.07, 6.45) is -0.570. The maximum absolute atomic E-state index is 12.0. The minimum atomic E-state index is -1.01. The van der Waals surface area contributed by atoms with Gasteiger partial charge in [-0.15, -0.1) is 0 Å². The summed E-state index contributed by atoms with van der Waals surface area (Å²) in [5.41, 5.74) is 0. The van der Waals surface area contributed by atoms with Crippen molar-refractivity contribution >= 4 is 11.9 Å². The Morgan fingerprint density at radius 2 is 2.17 bits per heavy atom. The van der Waals surface area contributed by atoms with E-state index < -0.39 is 18.1 Å². The van der Waals surface area contributed by atoms with Crippen molar-refractivity contribution in [2.75, 3.05) is 26.2 Å². The molecule has 1 rings (SSSR count). The molecule has 0 saturated carbocycles. The average molecular weight is 258 g/mol. The van der Waals surface area contributed by atoms with Crippen LogP contribution in [0.15, 0.2) is 0 Å². The first-order chi connectivity index (χ1) is 8.45. The average Bonchev–Trinajstić information content (AvgIpc) is 2.34. The number of nitrogens with zero attached hydrogens (tertiary/aromatic N) is 1. The van der Waals surface area contributed by atoms with Gasteiger partial charge in [0.2, 0.25) is 0 Å². The van der Waals surface area contributed by atoms with Gasteiger partial charge in [-0.2, -0.15) is 0 Å². The van der Waals surface area contributed by atoms with Crippen molar-refractivity contribution < 1.29 is 19.4 Å². The van der Waals surface area contributed by atoms with E-state index in [-0.39, 0.29) is 11.8 Å². The molecule has 1 fully saturated rings. The van der Waals surface area contributed by atoms with E-state index in [1.54, 1.807) is 13.8 Å². The van der Waals surface area contributed by atoms with Crippen molar-refractivity contribution in [3.05, 3.63) is 0 Å². The lowest BCUT2D eigenvalue weighted by atomic mass is 10.0. The molecule has 0 spiro atoms. The monoisotopic (exact) mass is 258 g/mol. The summed E-state index contributed by atoms with van der Waals surface area (Å²) in [6.45, 7) is 8.25. The summed E-state index contributed by atoms with van der Waals surface area (Å²) in [6, 6.07) is -0.863. The summed E-state index contributed by atoms with van der Waals surface area (Å²) in [7, 11) is 0. The molecule has 0 aromatic rings. The molecule has 6 nitrogen and oxygen atoms in total. The normalized spacial score (nSPS) is 22.8.